The minimum atomic E-state index is -4.24. The number of non-ortho nitro benzene ring substituents is 1. The van der Waals surface area contributed by atoms with Crippen LogP contribution in [-0.2, 0) is 26.5 Å². The fraction of sp³-hybridized carbons (Fsp3) is 0.286. The van der Waals surface area contributed by atoms with Crippen molar-refractivity contribution in [3.63, 3.8) is 0 Å². The summed E-state index contributed by atoms with van der Waals surface area (Å²) in [7, 11) is -8.30. The van der Waals surface area contributed by atoms with Gasteiger partial charge in [-0.05, 0) is 75.1 Å². The molecule has 4 aromatic rings. The van der Waals surface area contributed by atoms with Crippen molar-refractivity contribution in [2.45, 2.75) is 55.0 Å². The Morgan fingerprint density at radius 1 is 0.976 bits per heavy atom. The van der Waals surface area contributed by atoms with Gasteiger partial charge in [0.1, 0.15) is 0 Å². The van der Waals surface area contributed by atoms with Crippen LogP contribution in [0, 0.1) is 17.0 Å². The van der Waals surface area contributed by atoms with E-state index in [1.54, 1.807) is 30.3 Å². The summed E-state index contributed by atoms with van der Waals surface area (Å²) in [5.41, 5.74) is 0.423. The van der Waals surface area contributed by atoms with Crippen LogP contribution in [0.3, 0.4) is 0 Å². The molecule has 0 fully saturated rings. The van der Waals surface area contributed by atoms with E-state index in [9.17, 15) is 37.2 Å². The number of aryl methyl sites for hydroxylation is 1. The van der Waals surface area contributed by atoms with Crippen molar-refractivity contribution in [3.8, 4) is 0 Å². The zero-order valence-corrected chi connectivity index (χ0v) is 24.3. The molecule has 0 aliphatic rings. The third kappa shape index (κ3) is 6.49. The van der Waals surface area contributed by atoms with E-state index in [2.05, 4.69) is 4.72 Å². The van der Waals surface area contributed by atoms with Crippen LogP contribution in [0.25, 0.3) is 10.9 Å². The Morgan fingerprint density at radius 3 is 2.15 bits per heavy atom. The summed E-state index contributed by atoms with van der Waals surface area (Å²) in [5, 5.41) is 32.0. The van der Waals surface area contributed by atoms with E-state index in [0.717, 1.165) is 33.8 Å². The van der Waals surface area contributed by atoms with Crippen LogP contribution < -0.4 is 4.72 Å². The first kappa shape index (κ1) is 30.3. The minimum absolute atomic E-state index is 0.0628. The van der Waals surface area contributed by atoms with Gasteiger partial charge in [-0.2, -0.15) is 0 Å². The molecule has 1 heterocycles. The van der Waals surface area contributed by atoms with Gasteiger partial charge in [-0.15, -0.1) is 0 Å². The van der Waals surface area contributed by atoms with E-state index in [1.807, 2.05) is 6.92 Å². The average molecular weight is 602 g/mol. The van der Waals surface area contributed by atoms with Gasteiger partial charge >= 0.3 is 0 Å². The van der Waals surface area contributed by atoms with Crippen molar-refractivity contribution in [2.24, 2.45) is 0 Å². The number of sulfonamides is 1. The Balaban J connectivity index is 1.89. The van der Waals surface area contributed by atoms with Gasteiger partial charge in [0.05, 0.1) is 31.9 Å². The van der Waals surface area contributed by atoms with Gasteiger partial charge in [-0.3, -0.25) is 10.1 Å². The van der Waals surface area contributed by atoms with Crippen molar-refractivity contribution in [3.05, 3.63) is 99.7 Å². The highest BCUT2D eigenvalue weighted by Crippen LogP contribution is 2.36. The van der Waals surface area contributed by atoms with Crippen molar-refractivity contribution < 1.29 is 32.0 Å². The highest BCUT2D eigenvalue weighted by Gasteiger charge is 2.31. The van der Waals surface area contributed by atoms with Crippen LogP contribution in [0.15, 0.2) is 82.7 Å². The smallest absolute Gasteiger partial charge is 0.269 e. The topological polar surface area (TPSA) is 169 Å². The van der Waals surface area contributed by atoms with Gasteiger partial charge in [-0.1, -0.05) is 29.8 Å². The Labute approximate surface area is 238 Å². The Kier molecular flexibility index (Phi) is 8.39. The largest absolute Gasteiger partial charge is 0.396 e. The molecule has 0 radical (unpaired) electrons. The summed E-state index contributed by atoms with van der Waals surface area (Å²) in [6.45, 7) is 4.58. The van der Waals surface area contributed by atoms with Crippen molar-refractivity contribution >= 4 is 36.6 Å². The van der Waals surface area contributed by atoms with E-state index in [1.165, 1.54) is 32.2 Å². The number of nitro groups is 1. The first-order chi connectivity index (χ1) is 19.1. The SMILES string of the molecule is Cc1ccc(S(=O)(=O)n2cc(CCO)c3c([C@@H](CC(C)(C)O)NS(=O)(=O)c4ccc([N+](=O)[O-])cc4)cccc32)cc1. The van der Waals surface area contributed by atoms with Gasteiger partial charge in [0.25, 0.3) is 15.7 Å². The van der Waals surface area contributed by atoms with Crippen molar-refractivity contribution in [1.82, 2.24) is 8.69 Å². The Bertz CT molecular complexity index is 1790. The molecule has 1 aromatic heterocycles. The lowest BCUT2D eigenvalue weighted by atomic mass is 9.91. The molecule has 0 aliphatic carbocycles. The zero-order valence-electron chi connectivity index (χ0n) is 22.7. The monoisotopic (exact) mass is 601 g/mol. The highest BCUT2D eigenvalue weighted by atomic mass is 32.2. The number of hydrogen-bond donors (Lipinski definition) is 3. The van der Waals surface area contributed by atoms with Crippen molar-refractivity contribution in [2.75, 3.05) is 6.61 Å². The summed E-state index contributed by atoms with van der Waals surface area (Å²) in [4.78, 5) is 10.2. The number of rotatable bonds is 11. The number of nitrogens with zero attached hydrogens (tertiary/aromatic N) is 2. The average Bonchev–Trinajstić information content (AvgIpc) is 3.27. The predicted molar refractivity (Wildman–Crippen MR) is 154 cm³/mol. The third-order valence-corrected chi connectivity index (χ3v) is 9.78. The number of hydrogen-bond acceptors (Lipinski definition) is 8. The number of benzene rings is 3. The molecular formula is C28H31N3O8S2. The zero-order chi connectivity index (χ0) is 30.2. The van der Waals surface area contributed by atoms with Crippen LogP contribution in [0.5, 0.6) is 0 Å². The highest BCUT2D eigenvalue weighted by molar-refractivity contribution is 7.90. The van der Waals surface area contributed by atoms with Crippen LogP contribution in [0.1, 0.15) is 43.0 Å². The van der Waals surface area contributed by atoms with Crippen LogP contribution in [0.2, 0.25) is 0 Å². The predicted octanol–water partition coefficient (Wildman–Crippen LogP) is 3.81. The fourth-order valence-corrected chi connectivity index (χ4v) is 7.31. The van der Waals surface area contributed by atoms with E-state index in [4.69, 9.17) is 0 Å². The number of nitro benzene ring substituents is 1. The lowest BCUT2D eigenvalue weighted by Crippen LogP contribution is -2.34. The van der Waals surface area contributed by atoms with E-state index >= 15 is 0 Å². The third-order valence-electron chi connectivity index (χ3n) is 6.60. The summed E-state index contributed by atoms with van der Waals surface area (Å²) < 4.78 is 57.9. The first-order valence-electron chi connectivity index (χ1n) is 12.7. The molecule has 0 saturated heterocycles. The van der Waals surface area contributed by atoms with Crippen LogP contribution in [0.4, 0.5) is 5.69 Å². The molecular weight excluding hydrogens is 570 g/mol. The maximum Gasteiger partial charge on any atom is 0.269 e. The van der Waals surface area contributed by atoms with Crippen LogP contribution >= 0.6 is 0 Å². The van der Waals surface area contributed by atoms with E-state index < -0.39 is 36.6 Å². The number of nitrogens with one attached hydrogen (secondary N) is 1. The maximum atomic E-state index is 13.7. The summed E-state index contributed by atoms with van der Waals surface area (Å²) in [6, 6.07) is 14.6. The van der Waals surface area contributed by atoms with Gasteiger partial charge in [0.15, 0.2) is 0 Å². The number of fused-ring (bicyclic) bond motifs is 1. The quantitative estimate of drug-likeness (QED) is 0.172. The Hall–Kier alpha value is -3.62. The first-order valence-corrected chi connectivity index (χ1v) is 15.6. The molecule has 0 saturated carbocycles. The lowest BCUT2D eigenvalue weighted by Gasteiger charge is -2.27. The summed E-state index contributed by atoms with van der Waals surface area (Å²) in [6.07, 6.45) is 1.42. The van der Waals surface area contributed by atoms with E-state index in [-0.39, 0.29) is 40.4 Å². The number of aromatic nitrogens is 1. The molecule has 1 atom stereocenters. The summed E-state index contributed by atoms with van der Waals surface area (Å²) >= 11 is 0. The molecule has 3 aromatic carbocycles. The molecule has 0 aliphatic heterocycles. The number of aliphatic hydroxyl groups is 2. The molecule has 41 heavy (non-hydrogen) atoms. The standard InChI is InChI=1S/C28H31N3O8S2/c1-19-7-11-23(12-8-19)41(38,39)30-18-20(15-16-32)27-24(5-4-6-26(27)30)25(17-28(2,3)33)29-40(36,37)22-13-9-21(10-14-22)31(34)35/h4-14,18,25,29,32-33H,15-17H2,1-3H3/t25-/m1/s1. The lowest BCUT2D eigenvalue weighted by molar-refractivity contribution is -0.384. The molecule has 0 spiro atoms. The second-order valence-corrected chi connectivity index (χ2v) is 14.0. The second kappa shape index (κ2) is 11.3. The molecule has 4 rings (SSSR count). The number of aliphatic hydroxyl groups excluding tert-OH is 1. The maximum absolute atomic E-state index is 13.7. The van der Waals surface area contributed by atoms with Crippen molar-refractivity contribution in [1.29, 1.82) is 0 Å². The van der Waals surface area contributed by atoms with Gasteiger partial charge in [0.2, 0.25) is 10.0 Å². The normalized spacial score (nSPS) is 13.4. The molecule has 218 valence electrons. The molecule has 0 amide bonds. The molecule has 11 nitrogen and oxygen atoms in total. The minimum Gasteiger partial charge on any atom is -0.396 e. The van der Waals surface area contributed by atoms with Gasteiger partial charge in [0, 0.05) is 30.3 Å². The molecule has 0 unspecified atom stereocenters. The molecule has 13 heteroatoms. The fourth-order valence-electron chi connectivity index (χ4n) is 4.71. The van der Waals surface area contributed by atoms with Gasteiger partial charge in [-0.25, -0.2) is 25.5 Å². The molecule has 0 bridgehead atoms. The summed E-state index contributed by atoms with van der Waals surface area (Å²) in [5.74, 6) is 0. The second-order valence-electron chi connectivity index (χ2n) is 10.4. The van der Waals surface area contributed by atoms with Gasteiger partial charge < -0.3 is 10.2 Å². The van der Waals surface area contributed by atoms with Crippen LogP contribution in [-0.4, -0.2) is 48.2 Å². The Morgan fingerprint density at radius 2 is 1.59 bits per heavy atom. The van der Waals surface area contributed by atoms with E-state index in [0.29, 0.717) is 16.5 Å². The molecule has 3 N–H and O–H groups in total.